The number of methoxy groups -OCH3 is 2. The van der Waals surface area contributed by atoms with Gasteiger partial charge < -0.3 is 15.2 Å². The number of ether oxygens (including phenoxy) is 2. The second-order valence-electron chi connectivity index (χ2n) is 4.11. The first-order chi connectivity index (χ1) is 9.97. The van der Waals surface area contributed by atoms with Gasteiger partial charge in [-0.2, -0.15) is 0 Å². The van der Waals surface area contributed by atoms with E-state index in [0.717, 1.165) is 0 Å². The van der Waals surface area contributed by atoms with E-state index in [-0.39, 0.29) is 22.2 Å². The number of carbonyl (C=O) groups is 1. The van der Waals surface area contributed by atoms with E-state index in [0.29, 0.717) is 22.1 Å². The number of carbonyl (C=O) groups excluding carboxylic acids is 1. The molecule has 0 radical (unpaired) electrons. The van der Waals surface area contributed by atoms with Gasteiger partial charge in [-0.15, -0.1) is 0 Å². The molecule has 2 aromatic rings. The summed E-state index contributed by atoms with van der Waals surface area (Å²) in [6, 6.07) is 4.45. The summed E-state index contributed by atoms with van der Waals surface area (Å²) >= 11 is 11.9. The van der Waals surface area contributed by atoms with Crippen molar-refractivity contribution in [1.29, 1.82) is 0 Å². The molecule has 0 bridgehead atoms. The Morgan fingerprint density at radius 3 is 2.52 bits per heavy atom. The minimum absolute atomic E-state index is 0.0929. The van der Waals surface area contributed by atoms with E-state index in [4.69, 9.17) is 38.4 Å². The number of hydrogen-bond donors (Lipinski definition) is 1. The van der Waals surface area contributed by atoms with Crippen LogP contribution >= 0.6 is 23.2 Å². The quantitative estimate of drug-likeness (QED) is 0.873. The van der Waals surface area contributed by atoms with Gasteiger partial charge in [0.25, 0.3) is 0 Å². The first-order valence-corrected chi connectivity index (χ1v) is 6.60. The highest BCUT2D eigenvalue weighted by Crippen LogP contribution is 2.36. The van der Waals surface area contributed by atoms with Crippen LogP contribution in [0, 0.1) is 0 Å². The fraction of sp³-hybridized carbons (Fsp3) is 0.143. The van der Waals surface area contributed by atoms with Crippen molar-refractivity contribution in [2.75, 3.05) is 20.0 Å². The van der Waals surface area contributed by atoms with Crippen molar-refractivity contribution < 1.29 is 14.3 Å². The summed E-state index contributed by atoms with van der Waals surface area (Å²) in [7, 11) is 2.92. The van der Waals surface area contributed by atoms with Gasteiger partial charge in [0.05, 0.1) is 29.8 Å². The molecule has 1 heterocycles. The minimum atomic E-state index is -0.356. The molecule has 0 spiro atoms. The Bertz CT molecular complexity index is 705. The molecule has 0 fully saturated rings. The number of pyridine rings is 1. The lowest BCUT2D eigenvalue weighted by Gasteiger charge is -2.12. The molecule has 21 heavy (non-hydrogen) atoms. The first kappa shape index (κ1) is 15.4. The summed E-state index contributed by atoms with van der Waals surface area (Å²) in [6.45, 7) is 0. The Hall–Kier alpha value is -1.98. The number of aromatic nitrogens is 1. The summed E-state index contributed by atoms with van der Waals surface area (Å²) < 4.78 is 10.3. The number of nitrogens with zero attached hydrogens (tertiary/aromatic N) is 1. The predicted octanol–water partition coefficient (Wildman–Crippen LogP) is 3.22. The fourth-order valence-electron chi connectivity index (χ4n) is 1.84. The van der Waals surface area contributed by atoms with Gasteiger partial charge in [-0.1, -0.05) is 23.2 Å². The van der Waals surface area contributed by atoms with Gasteiger partial charge in [-0.05, 0) is 18.2 Å². The lowest BCUT2D eigenvalue weighted by molar-refractivity contribution is 0.103. The van der Waals surface area contributed by atoms with Gasteiger partial charge in [0.2, 0.25) is 0 Å². The maximum absolute atomic E-state index is 12.5. The fourth-order valence-corrected chi connectivity index (χ4v) is 2.28. The summed E-state index contributed by atoms with van der Waals surface area (Å²) in [5, 5.41) is 0.577. The van der Waals surface area contributed by atoms with Crippen LogP contribution in [0.25, 0.3) is 0 Å². The monoisotopic (exact) mass is 326 g/mol. The topological polar surface area (TPSA) is 74.4 Å². The Morgan fingerprint density at radius 1 is 1.19 bits per heavy atom. The van der Waals surface area contributed by atoms with Gasteiger partial charge >= 0.3 is 0 Å². The van der Waals surface area contributed by atoms with Gasteiger partial charge in [0, 0.05) is 11.8 Å². The van der Waals surface area contributed by atoms with Crippen LogP contribution in [0.1, 0.15) is 15.9 Å². The lowest BCUT2D eigenvalue weighted by Crippen LogP contribution is -2.07. The summed E-state index contributed by atoms with van der Waals surface area (Å²) in [6.07, 6.45) is 1.37. The van der Waals surface area contributed by atoms with Crippen LogP contribution < -0.4 is 15.2 Å². The molecular formula is C14H12Cl2N2O3. The van der Waals surface area contributed by atoms with Crippen molar-refractivity contribution in [1.82, 2.24) is 4.98 Å². The maximum Gasteiger partial charge on any atom is 0.196 e. The molecule has 2 rings (SSSR count). The molecule has 0 aliphatic rings. The Labute approximate surface area is 131 Å². The molecule has 5 nitrogen and oxygen atoms in total. The molecule has 0 amide bonds. The number of benzene rings is 1. The van der Waals surface area contributed by atoms with Gasteiger partial charge in [0.15, 0.2) is 17.3 Å². The van der Waals surface area contributed by atoms with Crippen LogP contribution in [0.3, 0.4) is 0 Å². The number of rotatable bonds is 4. The molecule has 1 aromatic carbocycles. The molecule has 1 aromatic heterocycles. The number of halogens is 2. The molecule has 0 atom stereocenters. The second kappa shape index (κ2) is 6.20. The zero-order chi connectivity index (χ0) is 15.6. The van der Waals surface area contributed by atoms with Crippen LogP contribution in [0.2, 0.25) is 10.0 Å². The standard InChI is InChI=1S/C14H12Cl2N2O3/c1-20-11-4-7(3-10(16)13(11)21-2)12(19)9-5-8(15)6-18-14(9)17/h3-6H,1-2H3,(H2,17,18). The van der Waals surface area contributed by atoms with Crippen LogP contribution in [0.5, 0.6) is 11.5 Å². The third-order valence-electron chi connectivity index (χ3n) is 2.83. The van der Waals surface area contributed by atoms with Crippen LogP contribution in [-0.4, -0.2) is 25.0 Å². The molecule has 0 saturated heterocycles. The number of hydrogen-bond acceptors (Lipinski definition) is 5. The van der Waals surface area contributed by atoms with E-state index >= 15 is 0 Å². The van der Waals surface area contributed by atoms with E-state index in [1.54, 1.807) is 0 Å². The average molecular weight is 327 g/mol. The number of nitrogen functional groups attached to an aromatic ring is 1. The largest absolute Gasteiger partial charge is 0.493 e. The van der Waals surface area contributed by atoms with E-state index < -0.39 is 0 Å². The van der Waals surface area contributed by atoms with Crippen LogP contribution in [0.4, 0.5) is 5.82 Å². The molecule has 0 aliphatic heterocycles. The minimum Gasteiger partial charge on any atom is -0.493 e. The van der Waals surface area contributed by atoms with E-state index in [1.807, 2.05) is 0 Å². The van der Waals surface area contributed by atoms with Gasteiger partial charge in [0.1, 0.15) is 5.82 Å². The van der Waals surface area contributed by atoms with Crippen molar-refractivity contribution in [2.24, 2.45) is 0 Å². The normalized spacial score (nSPS) is 10.3. The van der Waals surface area contributed by atoms with Crippen molar-refractivity contribution in [3.63, 3.8) is 0 Å². The van der Waals surface area contributed by atoms with Crippen LogP contribution in [-0.2, 0) is 0 Å². The second-order valence-corrected chi connectivity index (χ2v) is 4.95. The highest BCUT2D eigenvalue weighted by atomic mass is 35.5. The third kappa shape index (κ3) is 3.04. The van der Waals surface area contributed by atoms with Crippen molar-refractivity contribution in [2.45, 2.75) is 0 Å². The number of anilines is 1. The van der Waals surface area contributed by atoms with Crippen LogP contribution in [0.15, 0.2) is 24.4 Å². The Morgan fingerprint density at radius 2 is 1.90 bits per heavy atom. The van der Waals surface area contributed by atoms with Gasteiger partial charge in [-0.3, -0.25) is 4.79 Å². The van der Waals surface area contributed by atoms with Crippen molar-refractivity contribution in [3.8, 4) is 11.5 Å². The molecule has 7 heteroatoms. The summed E-state index contributed by atoms with van der Waals surface area (Å²) in [4.78, 5) is 16.4. The van der Waals surface area contributed by atoms with Gasteiger partial charge in [-0.25, -0.2) is 4.98 Å². The molecule has 110 valence electrons. The average Bonchev–Trinajstić information content (AvgIpc) is 2.48. The van der Waals surface area contributed by atoms with E-state index in [2.05, 4.69) is 4.98 Å². The Kier molecular flexibility index (Phi) is 4.55. The zero-order valence-electron chi connectivity index (χ0n) is 11.3. The van der Waals surface area contributed by atoms with E-state index in [1.165, 1.54) is 38.6 Å². The zero-order valence-corrected chi connectivity index (χ0v) is 12.8. The summed E-state index contributed by atoms with van der Waals surface area (Å²) in [5.41, 5.74) is 6.21. The number of ketones is 1. The Balaban J connectivity index is 2.53. The highest BCUT2D eigenvalue weighted by molar-refractivity contribution is 6.33. The molecule has 0 saturated carbocycles. The maximum atomic E-state index is 12.5. The SMILES string of the molecule is COc1cc(C(=O)c2cc(Cl)cnc2N)cc(Cl)c1OC. The van der Waals surface area contributed by atoms with E-state index in [9.17, 15) is 4.79 Å². The smallest absolute Gasteiger partial charge is 0.196 e. The molecular weight excluding hydrogens is 315 g/mol. The molecule has 0 unspecified atom stereocenters. The van der Waals surface area contributed by atoms with Crippen molar-refractivity contribution in [3.05, 3.63) is 45.6 Å². The number of nitrogens with two attached hydrogens (primary N) is 1. The van der Waals surface area contributed by atoms with Crippen molar-refractivity contribution >= 4 is 34.8 Å². The molecule has 0 aliphatic carbocycles. The molecule has 2 N–H and O–H groups in total. The lowest BCUT2D eigenvalue weighted by atomic mass is 10.0. The third-order valence-corrected chi connectivity index (χ3v) is 3.31. The predicted molar refractivity (Wildman–Crippen MR) is 81.6 cm³/mol. The summed E-state index contributed by atoms with van der Waals surface area (Å²) in [5.74, 6) is 0.440. The highest BCUT2D eigenvalue weighted by Gasteiger charge is 2.19. The first-order valence-electron chi connectivity index (χ1n) is 5.85.